The molecular weight excluding hydrogens is 853 g/mol. The Balaban J connectivity index is 1.00. The van der Waals surface area contributed by atoms with E-state index in [1.807, 2.05) is 62.6 Å². The Morgan fingerprint density at radius 1 is 0.924 bits per heavy atom. The first-order chi connectivity index (χ1) is 31.5. The predicted octanol–water partition coefficient (Wildman–Crippen LogP) is 8.26. The summed E-state index contributed by atoms with van der Waals surface area (Å²) in [6, 6.07) is 8.04. The molecule has 2 saturated heterocycles. The molecule has 0 spiro atoms. The number of nitrogens with zero attached hydrogens (tertiary/aromatic N) is 5. The molecule has 9 rings (SSSR count). The molecule has 2 unspecified atom stereocenters. The van der Waals surface area contributed by atoms with Gasteiger partial charge in [-0.25, -0.2) is 28.3 Å². The smallest absolute Gasteiger partial charge is 0.407 e. The van der Waals surface area contributed by atoms with Gasteiger partial charge < -0.3 is 49.2 Å². The van der Waals surface area contributed by atoms with E-state index in [0.29, 0.717) is 65.0 Å². The van der Waals surface area contributed by atoms with E-state index in [1.165, 1.54) is 34.1 Å². The van der Waals surface area contributed by atoms with Crippen LogP contribution >= 0.6 is 0 Å². The molecule has 2 aromatic carbocycles. The molecule has 4 amide bonds. The molecule has 6 heterocycles. The third-order valence-corrected chi connectivity index (χ3v) is 13.6. The molecule has 0 radical (unpaired) electrons. The second-order valence-electron chi connectivity index (χ2n) is 18.6. The summed E-state index contributed by atoms with van der Waals surface area (Å²) >= 11 is 0. The van der Waals surface area contributed by atoms with Crippen molar-refractivity contribution in [1.82, 2.24) is 44.9 Å². The third kappa shape index (κ3) is 7.82. The van der Waals surface area contributed by atoms with Crippen LogP contribution in [0.2, 0.25) is 0 Å². The molecule has 3 aliphatic heterocycles. The number of H-pyrrole nitrogens is 2. The van der Waals surface area contributed by atoms with Gasteiger partial charge in [0.15, 0.2) is 6.23 Å². The normalized spacial score (nSPS) is 22.0. The molecule has 16 nitrogen and oxygen atoms in total. The van der Waals surface area contributed by atoms with Crippen LogP contribution in [0.1, 0.15) is 97.2 Å². The zero-order valence-electron chi connectivity index (χ0n) is 38.2. The van der Waals surface area contributed by atoms with Gasteiger partial charge in [-0.3, -0.25) is 9.59 Å². The van der Waals surface area contributed by atoms with Crippen LogP contribution in [-0.2, 0) is 19.1 Å². The molecule has 4 N–H and O–H groups in total. The molecule has 1 saturated carbocycles. The summed E-state index contributed by atoms with van der Waals surface area (Å²) in [6.45, 7) is 10.6. The van der Waals surface area contributed by atoms with Crippen LogP contribution in [0.4, 0.5) is 18.4 Å². The number of aromatic amines is 2. The number of alkyl carbamates (subject to hydrolysis) is 2. The number of allylic oxidation sites excluding steroid dienone is 1. The van der Waals surface area contributed by atoms with Crippen LogP contribution in [0, 0.1) is 17.7 Å². The van der Waals surface area contributed by atoms with E-state index in [2.05, 4.69) is 25.6 Å². The Morgan fingerprint density at radius 3 is 2.27 bits per heavy atom. The molecular formula is C48H55F2N9O7. The Kier molecular flexibility index (Phi) is 11.4. The number of likely N-dealkylation sites (tertiary alicyclic amines) is 2. The molecule has 348 valence electrons. The standard InChI is InChI=1S/C48H55F2N9O7/c1-9-24(4)45-59-32-13-12-25(30-21-52-42(53-30)36-19-28-17-34(28)58(36)44(61)40(48(5,6)50)56-47(63)65-8)15-27(32)18-35(59)38-29(49)16-26(20-37(38)66-45)31-22-51-41(54-31)33-11-10-14-57(33)43(60)39(23(2)3)55-46(62)64-7/h9,12-13,15-16,18,20-23,28,33-34,36,39-40,45H,10-11,14,17,19H2,1-8H3,(H,51,54)(H,52,53)(H,55,62)(H,56,63)/b24-9+/t28-,33+,34-,36+,39+,40?,45?/m1/s1. The van der Waals surface area contributed by atoms with Crippen molar-refractivity contribution in [1.29, 1.82) is 0 Å². The van der Waals surface area contributed by atoms with Gasteiger partial charge in [0.2, 0.25) is 11.8 Å². The SMILES string of the molecule is C/C=C(\C)C1Oc2cc(-c3cnc([C@@H]4CCCN4C(=O)[C@@H](NC(=O)OC)C(C)C)[nH]3)cc(F)c2-c2cc3cc(-c4cnc([C@@H]5C[C@H]6C[C@H]6N5C(=O)C(NC(=O)OC)C(C)(C)F)[nH]4)ccc3n21. The van der Waals surface area contributed by atoms with E-state index in [9.17, 15) is 19.2 Å². The largest absolute Gasteiger partial charge is 0.465 e. The van der Waals surface area contributed by atoms with Gasteiger partial charge in [0.25, 0.3) is 0 Å². The second-order valence-corrected chi connectivity index (χ2v) is 18.6. The number of nitrogens with one attached hydrogen (secondary N) is 4. The van der Waals surface area contributed by atoms with Gasteiger partial charge in [-0.1, -0.05) is 26.0 Å². The van der Waals surface area contributed by atoms with E-state index in [4.69, 9.17) is 19.2 Å². The van der Waals surface area contributed by atoms with E-state index >= 15 is 8.78 Å². The fourth-order valence-corrected chi connectivity index (χ4v) is 9.91. The van der Waals surface area contributed by atoms with Crippen molar-refractivity contribution in [2.24, 2.45) is 11.8 Å². The van der Waals surface area contributed by atoms with E-state index < -0.39 is 53.9 Å². The molecule has 0 bridgehead atoms. The van der Waals surface area contributed by atoms with Gasteiger partial charge in [-0.2, -0.15) is 0 Å². The first kappa shape index (κ1) is 44.5. The van der Waals surface area contributed by atoms with Crippen molar-refractivity contribution in [2.75, 3.05) is 20.8 Å². The lowest BCUT2D eigenvalue weighted by atomic mass is 9.98. The number of halogens is 2. The maximum atomic E-state index is 16.7. The Bertz CT molecular complexity index is 2770. The fourth-order valence-electron chi connectivity index (χ4n) is 9.91. The molecule has 66 heavy (non-hydrogen) atoms. The van der Waals surface area contributed by atoms with Crippen LogP contribution in [0.3, 0.4) is 0 Å². The average Bonchev–Trinajstić information content (AvgIpc) is 3.95. The quantitative estimate of drug-likeness (QED) is 0.0946. The molecule has 7 atom stereocenters. The molecule has 3 fully saturated rings. The summed E-state index contributed by atoms with van der Waals surface area (Å²) in [5.74, 6) is 0.320. The lowest BCUT2D eigenvalue weighted by Gasteiger charge is -2.34. The molecule has 4 aliphatic rings. The minimum Gasteiger partial charge on any atom is -0.465 e. The Morgan fingerprint density at radius 2 is 1.61 bits per heavy atom. The summed E-state index contributed by atoms with van der Waals surface area (Å²) in [5, 5.41) is 5.91. The van der Waals surface area contributed by atoms with Gasteiger partial charge >= 0.3 is 12.2 Å². The Hall–Kier alpha value is -6.72. The van der Waals surface area contributed by atoms with Crippen LogP contribution in [0.15, 0.2) is 60.4 Å². The average molecular weight is 908 g/mol. The minimum atomic E-state index is -2.05. The van der Waals surface area contributed by atoms with Gasteiger partial charge in [0.1, 0.15) is 41.0 Å². The molecule has 18 heteroatoms. The number of hydrogen-bond acceptors (Lipinski definition) is 9. The first-order valence-corrected chi connectivity index (χ1v) is 22.4. The Labute approximate surface area is 380 Å². The van der Waals surface area contributed by atoms with E-state index in [-0.39, 0.29) is 29.8 Å². The predicted molar refractivity (Wildman–Crippen MR) is 240 cm³/mol. The second kappa shape index (κ2) is 16.9. The number of carbonyl (C=O) groups excluding carboxylic acids is 4. The van der Waals surface area contributed by atoms with Crippen molar-refractivity contribution in [3.05, 3.63) is 77.9 Å². The number of piperidine rings is 1. The topological polar surface area (TPSA) is 189 Å². The number of hydrogen-bond donors (Lipinski definition) is 4. The number of fused-ring (bicyclic) bond motifs is 6. The minimum absolute atomic E-state index is 0.0709. The first-order valence-electron chi connectivity index (χ1n) is 22.4. The number of ether oxygens (including phenoxy) is 3. The molecule has 1 aliphatic carbocycles. The number of rotatable bonds is 11. The van der Waals surface area contributed by atoms with Gasteiger partial charge in [0, 0.05) is 29.1 Å². The van der Waals surface area contributed by atoms with E-state index in [0.717, 1.165) is 34.9 Å². The highest BCUT2D eigenvalue weighted by Crippen LogP contribution is 2.54. The van der Waals surface area contributed by atoms with Crippen molar-refractivity contribution in [3.63, 3.8) is 0 Å². The highest BCUT2D eigenvalue weighted by atomic mass is 19.1. The van der Waals surface area contributed by atoms with Crippen molar-refractivity contribution in [2.45, 2.75) is 109 Å². The number of carbonyl (C=O) groups is 4. The van der Waals surface area contributed by atoms with Crippen molar-refractivity contribution >= 4 is 34.9 Å². The van der Waals surface area contributed by atoms with Crippen molar-refractivity contribution < 1.29 is 42.2 Å². The third-order valence-electron chi connectivity index (χ3n) is 13.6. The zero-order valence-corrected chi connectivity index (χ0v) is 38.2. The number of aromatic nitrogens is 5. The van der Waals surface area contributed by atoms with Crippen LogP contribution in [0.5, 0.6) is 5.75 Å². The number of methoxy groups -OCH3 is 2. The maximum absolute atomic E-state index is 16.7. The maximum Gasteiger partial charge on any atom is 0.407 e. The summed E-state index contributed by atoms with van der Waals surface area (Å²) in [6.07, 6.45) is 6.04. The summed E-state index contributed by atoms with van der Waals surface area (Å²) in [4.78, 5) is 71.4. The van der Waals surface area contributed by atoms with E-state index in [1.54, 1.807) is 28.3 Å². The van der Waals surface area contributed by atoms with Crippen LogP contribution < -0.4 is 15.4 Å². The number of imidazole rings is 2. The lowest BCUT2D eigenvalue weighted by Crippen LogP contribution is -2.57. The van der Waals surface area contributed by atoms with Crippen LogP contribution in [-0.4, -0.2) is 103 Å². The zero-order chi connectivity index (χ0) is 46.9. The summed E-state index contributed by atoms with van der Waals surface area (Å²) in [7, 11) is 2.43. The van der Waals surface area contributed by atoms with Crippen molar-refractivity contribution in [3.8, 4) is 39.5 Å². The molecule has 5 aromatic rings. The highest BCUT2D eigenvalue weighted by molar-refractivity contribution is 5.93. The number of benzene rings is 2. The molecule has 3 aromatic heterocycles. The van der Waals surface area contributed by atoms with Gasteiger partial charge in [-0.15, -0.1) is 0 Å². The van der Waals surface area contributed by atoms with Gasteiger partial charge in [0.05, 0.1) is 66.9 Å². The number of amides is 4. The monoisotopic (exact) mass is 907 g/mol. The number of alkyl halides is 1. The van der Waals surface area contributed by atoms with Crippen LogP contribution in [0.25, 0.3) is 44.7 Å². The fraction of sp³-hybridized carbons (Fsp3) is 0.458. The summed E-state index contributed by atoms with van der Waals surface area (Å²) in [5.41, 5.74) is 3.24. The lowest BCUT2D eigenvalue weighted by molar-refractivity contribution is -0.139. The highest BCUT2D eigenvalue weighted by Gasteiger charge is 2.57. The summed E-state index contributed by atoms with van der Waals surface area (Å²) < 4.78 is 50.2. The van der Waals surface area contributed by atoms with Gasteiger partial charge in [-0.05, 0) is 101 Å².